The Kier molecular flexibility index (Phi) is 2.82. The van der Waals surface area contributed by atoms with E-state index in [1.54, 1.807) is 6.07 Å². The first-order chi connectivity index (χ1) is 7.63. The standard InChI is InChI=1S/C9H6ClFN4O/c10-7-13-8(12)15-9(14-7)16-6-3-1-2-5(11)4-6/h1-4H,(H2,12,13,14,15). The molecule has 0 amide bonds. The van der Waals surface area contributed by atoms with E-state index >= 15 is 0 Å². The van der Waals surface area contributed by atoms with E-state index in [-0.39, 0.29) is 23.0 Å². The number of halogens is 2. The number of anilines is 1. The summed E-state index contributed by atoms with van der Waals surface area (Å²) < 4.78 is 18.0. The molecule has 2 rings (SSSR count). The lowest BCUT2D eigenvalue weighted by molar-refractivity contribution is 0.437. The molecule has 82 valence electrons. The number of benzene rings is 1. The molecule has 2 N–H and O–H groups in total. The average Bonchev–Trinajstić information content (AvgIpc) is 2.15. The Labute approximate surface area is 95.1 Å². The van der Waals surface area contributed by atoms with Gasteiger partial charge in [0.1, 0.15) is 11.6 Å². The van der Waals surface area contributed by atoms with Gasteiger partial charge in [-0.2, -0.15) is 15.0 Å². The topological polar surface area (TPSA) is 73.9 Å². The number of aromatic nitrogens is 3. The minimum absolute atomic E-state index is 0.0635. The van der Waals surface area contributed by atoms with Gasteiger partial charge in [-0.3, -0.25) is 0 Å². The summed E-state index contributed by atoms with van der Waals surface area (Å²) in [6, 6.07) is 5.45. The van der Waals surface area contributed by atoms with Crippen molar-refractivity contribution in [1.82, 2.24) is 15.0 Å². The summed E-state index contributed by atoms with van der Waals surface area (Å²) in [5.41, 5.74) is 5.34. The lowest BCUT2D eigenvalue weighted by Gasteiger charge is -2.03. The van der Waals surface area contributed by atoms with E-state index in [2.05, 4.69) is 15.0 Å². The van der Waals surface area contributed by atoms with Gasteiger partial charge in [0.05, 0.1) is 0 Å². The largest absolute Gasteiger partial charge is 0.424 e. The van der Waals surface area contributed by atoms with Crippen LogP contribution in [0.15, 0.2) is 24.3 Å². The van der Waals surface area contributed by atoms with Gasteiger partial charge in [-0.25, -0.2) is 4.39 Å². The van der Waals surface area contributed by atoms with E-state index in [4.69, 9.17) is 22.1 Å². The van der Waals surface area contributed by atoms with Crippen LogP contribution < -0.4 is 10.5 Å². The predicted octanol–water partition coefficient (Wildman–Crippen LogP) is 2.04. The van der Waals surface area contributed by atoms with Crippen molar-refractivity contribution in [1.29, 1.82) is 0 Å². The van der Waals surface area contributed by atoms with Crippen LogP contribution in [0.25, 0.3) is 0 Å². The average molecular weight is 241 g/mol. The fourth-order valence-electron chi connectivity index (χ4n) is 1.03. The van der Waals surface area contributed by atoms with Crippen molar-refractivity contribution in [3.05, 3.63) is 35.4 Å². The number of nitrogens with two attached hydrogens (primary N) is 1. The van der Waals surface area contributed by atoms with Gasteiger partial charge in [-0.05, 0) is 23.7 Å². The molecular formula is C9H6ClFN4O. The smallest absolute Gasteiger partial charge is 0.328 e. The van der Waals surface area contributed by atoms with Crippen molar-refractivity contribution in [3.63, 3.8) is 0 Å². The molecule has 5 nitrogen and oxygen atoms in total. The Hall–Kier alpha value is -1.95. The van der Waals surface area contributed by atoms with Gasteiger partial charge >= 0.3 is 6.01 Å². The Bertz CT molecular complexity index is 502. The van der Waals surface area contributed by atoms with Crippen LogP contribution in [0, 0.1) is 5.82 Å². The fourth-order valence-corrected chi connectivity index (χ4v) is 1.19. The molecular weight excluding hydrogens is 235 g/mol. The van der Waals surface area contributed by atoms with E-state index in [0.29, 0.717) is 0 Å². The minimum Gasteiger partial charge on any atom is -0.424 e. The number of nitrogens with zero attached hydrogens (tertiary/aromatic N) is 3. The Balaban J connectivity index is 2.27. The Morgan fingerprint density at radius 3 is 2.75 bits per heavy atom. The lowest BCUT2D eigenvalue weighted by Crippen LogP contribution is -2.00. The van der Waals surface area contributed by atoms with Crippen LogP contribution in [-0.2, 0) is 0 Å². The first-order valence-corrected chi connectivity index (χ1v) is 4.62. The molecule has 0 radical (unpaired) electrons. The van der Waals surface area contributed by atoms with E-state index in [0.717, 1.165) is 0 Å². The monoisotopic (exact) mass is 240 g/mol. The molecule has 0 unspecified atom stereocenters. The highest BCUT2D eigenvalue weighted by Gasteiger charge is 2.05. The summed E-state index contributed by atoms with van der Waals surface area (Å²) >= 11 is 5.55. The molecule has 1 aromatic carbocycles. The summed E-state index contributed by atoms with van der Waals surface area (Å²) in [7, 11) is 0. The number of nitrogen functional groups attached to an aromatic ring is 1. The molecule has 0 aliphatic heterocycles. The maximum absolute atomic E-state index is 12.8. The zero-order chi connectivity index (χ0) is 11.5. The highest BCUT2D eigenvalue weighted by Crippen LogP contribution is 2.19. The third kappa shape index (κ3) is 2.54. The number of hydrogen-bond donors (Lipinski definition) is 1. The highest BCUT2D eigenvalue weighted by atomic mass is 35.5. The first kappa shape index (κ1) is 10.6. The molecule has 0 fully saturated rings. The number of ether oxygens (including phenoxy) is 1. The van der Waals surface area contributed by atoms with E-state index < -0.39 is 5.82 Å². The van der Waals surface area contributed by atoms with Gasteiger partial charge < -0.3 is 10.5 Å². The Morgan fingerprint density at radius 2 is 2.06 bits per heavy atom. The first-order valence-electron chi connectivity index (χ1n) is 4.24. The van der Waals surface area contributed by atoms with Gasteiger partial charge in [0.2, 0.25) is 11.2 Å². The molecule has 2 aromatic rings. The van der Waals surface area contributed by atoms with Crippen LogP contribution >= 0.6 is 11.6 Å². The van der Waals surface area contributed by atoms with E-state index in [9.17, 15) is 4.39 Å². The lowest BCUT2D eigenvalue weighted by atomic mass is 10.3. The highest BCUT2D eigenvalue weighted by molar-refractivity contribution is 6.28. The third-order valence-corrected chi connectivity index (χ3v) is 1.78. The van der Waals surface area contributed by atoms with Crippen LogP contribution in [0.5, 0.6) is 11.8 Å². The second-order valence-electron chi connectivity index (χ2n) is 2.80. The fraction of sp³-hybridized carbons (Fsp3) is 0. The third-order valence-electron chi connectivity index (χ3n) is 1.61. The van der Waals surface area contributed by atoms with Gasteiger partial charge in [-0.15, -0.1) is 0 Å². The second-order valence-corrected chi connectivity index (χ2v) is 3.14. The van der Waals surface area contributed by atoms with Crippen molar-refractivity contribution >= 4 is 17.5 Å². The zero-order valence-corrected chi connectivity index (χ0v) is 8.65. The molecule has 0 atom stereocenters. The molecule has 0 bridgehead atoms. The molecule has 16 heavy (non-hydrogen) atoms. The minimum atomic E-state index is -0.425. The zero-order valence-electron chi connectivity index (χ0n) is 7.89. The number of hydrogen-bond acceptors (Lipinski definition) is 5. The molecule has 1 heterocycles. The molecule has 0 aliphatic rings. The van der Waals surface area contributed by atoms with Crippen LogP contribution in [0.1, 0.15) is 0 Å². The molecule has 0 aliphatic carbocycles. The van der Waals surface area contributed by atoms with Crippen molar-refractivity contribution in [2.75, 3.05) is 5.73 Å². The molecule has 0 saturated carbocycles. The van der Waals surface area contributed by atoms with Crippen LogP contribution in [0.2, 0.25) is 5.28 Å². The van der Waals surface area contributed by atoms with Crippen molar-refractivity contribution < 1.29 is 9.13 Å². The van der Waals surface area contributed by atoms with E-state index in [1.165, 1.54) is 18.2 Å². The predicted molar refractivity (Wildman–Crippen MR) is 55.7 cm³/mol. The summed E-state index contributed by atoms with van der Waals surface area (Å²) in [5, 5.41) is -0.0843. The Morgan fingerprint density at radius 1 is 1.25 bits per heavy atom. The van der Waals surface area contributed by atoms with Crippen molar-refractivity contribution in [2.45, 2.75) is 0 Å². The van der Waals surface area contributed by atoms with E-state index in [1.807, 2.05) is 0 Å². The number of rotatable bonds is 2. The van der Waals surface area contributed by atoms with Crippen LogP contribution in [0.3, 0.4) is 0 Å². The SMILES string of the molecule is Nc1nc(Cl)nc(Oc2cccc(F)c2)n1. The second kappa shape index (κ2) is 4.28. The summed E-state index contributed by atoms with van der Waals surface area (Å²) in [5.74, 6) is -0.237. The quantitative estimate of drug-likeness (QED) is 0.870. The van der Waals surface area contributed by atoms with Gasteiger partial charge in [0.25, 0.3) is 0 Å². The molecule has 1 aromatic heterocycles. The maximum atomic E-state index is 12.8. The normalized spacial score (nSPS) is 10.1. The summed E-state index contributed by atoms with van der Waals surface area (Å²) in [6.07, 6.45) is 0. The molecule has 0 spiro atoms. The van der Waals surface area contributed by atoms with Gasteiger partial charge in [0.15, 0.2) is 0 Å². The van der Waals surface area contributed by atoms with Gasteiger partial charge in [0, 0.05) is 6.07 Å². The van der Waals surface area contributed by atoms with Crippen molar-refractivity contribution in [3.8, 4) is 11.8 Å². The van der Waals surface area contributed by atoms with Crippen molar-refractivity contribution in [2.24, 2.45) is 0 Å². The van der Waals surface area contributed by atoms with Crippen LogP contribution in [0.4, 0.5) is 10.3 Å². The maximum Gasteiger partial charge on any atom is 0.328 e. The van der Waals surface area contributed by atoms with Gasteiger partial charge in [-0.1, -0.05) is 6.07 Å². The molecule has 0 saturated heterocycles. The summed E-state index contributed by atoms with van der Waals surface area (Å²) in [6.45, 7) is 0. The molecule has 7 heteroatoms. The van der Waals surface area contributed by atoms with Crippen LogP contribution in [-0.4, -0.2) is 15.0 Å². The summed E-state index contributed by atoms with van der Waals surface area (Å²) in [4.78, 5) is 10.9.